The fourth-order valence-electron chi connectivity index (χ4n) is 2.90. The predicted octanol–water partition coefficient (Wildman–Crippen LogP) is 4.66. The average Bonchev–Trinajstić information content (AvgIpc) is 3.34. The first-order valence-corrected chi connectivity index (χ1v) is 10.00. The number of thiophene rings is 1. The number of halogens is 2. The lowest BCUT2D eigenvalue weighted by Crippen LogP contribution is -2.14. The molecule has 2 aromatic heterocycles. The molecule has 0 atom stereocenters. The minimum Gasteiger partial charge on any atom is -0.505 e. The summed E-state index contributed by atoms with van der Waals surface area (Å²) in [4.78, 5) is 24.5. The van der Waals surface area contributed by atoms with Crippen molar-refractivity contribution < 1.29 is 28.6 Å². The van der Waals surface area contributed by atoms with Crippen molar-refractivity contribution in [1.82, 2.24) is 9.59 Å². The summed E-state index contributed by atoms with van der Waals surface area (Å²) in [5.74, 6) is -4.85. The molecule has 0 saturated carbocycles. The van der Waals surface area contributed by atoms with E-state index >= 15 is 0 Å². The molecule has 4 aromatic rings. The van der Waals surface area contributed by atoms with E-state index in [4.69, 9.17) is 0 Å². The minimum absolute atomic E-state index is 0.0671. The monoisotopic (exact) mass is 447 g/mol. The molecule has 0 aliphatic rings. The molecule has 0 fully saturated rings. The smallest absolute Gasteiger partial charge is 0.339 e. The molecule has 4 rings (SSSR count). The van der Waals surface area contributed by atoms with Crippen molar-refractivity contribution in [2.45, 2.75) is 6.92 Å². The maximum atomic E-state index is 14.4. The molecule has 1 amide bonds. The van der Waals surface area contributed by atoms with E-state index in [1.807, 2.05) is 0 Å². The number of aromatic nitrogens is 2. The molecule has 30 heavy (non-hydrogen) atoms. The van der Waals surface area contributed by atoms with Crippen LogP contribution in [0.15, 0.2) is 29.6 Å². The molecule has 0 spiro atoms. The fraction of sp³-hybridized carbons (Fsp3) is 0.0526. The van der Waals surface area contributed by atoms with Gasteiger partial charge in [0.1, 0.15) is 16.1 Å². The van der Waals surface area contributed by atoms with Crippen LogP contribution in [0.5, 0.6) is 5.75 Å². The molecule has 0 saturated heterocycles. The van der Waals surface area contributed by atoms with Crippen molar-refractivity contribution in [3.8, 4) is 16.9 Å². The number of phenolic OH excluding ortho intramolecular Hbond substituents is 1. The van der Waals surface area contributed by atoms with Crippen LogP contribution in [0.4, 0.5) is 13.8 Å². The number of carboxylic acids is 1. The largest absolute Gasteiger partial charge is 0.505 e. The second kappa shape index (κ2) is 7.43. The van der Waals surface area contributed by atoms with E-state index < -0.39 is 23.5 Å². The van der Waals surface area contributed by atoms with Crippen molar-refractivity contribution in [2.24, 2.45) is 0 Å². The molecule has 11 heteroatoms. The number of anilines is 1. The number of aromatic hydroxyl groups is 1. The van der Waals surface area contributed by atoms with Crippen LogP contribution < -0.4 is 5.32 Å². The average molecular weight is 447 g/mol. The van der Waals surface area contributed by atoms with Gasteiger partial charge in [0.2, 0.25) is 0 Å². The Kier molecular flexibility index (Phi) is 4.92. The Hall–Kier alpha value is -3.44. The number of carbonyl (C=O) groups is 2. The van der Waals surface area contributed by atoms with E-state index in [0.29, 0.717) is 4.70 Å². The first kappa shape index (κ1) is 19.9. The Balaban J connectivity index is 1.75. The van der Waals surface area contributed by atoms with Crippen LogP contribution in [-0.4, -0.2) is 31.7 Å². The molecule has 0 radical (unpaired) electrons. The topological polar surface area (TPSA) is 112 Å². The number of aryl methyl sites for hydroxylation is 1. The van der Waals surface area contributed by atoms with Gasteiger partial charge in [-0.3, -0.25) is 4.79 Å². The Morgan fingerprint density at radius 2 is 1.87 bits per heavy atom. The number of aromatic carboxylic acids is 1. The van der Waals surface area contributed by atoms with Crippen molar-refractivity contribution in [2.75, 3.05) is 5.32 Å². The van der Waals surface area contributed by atoms with Gasteiger partial charge >= 0.3 is 5.97 Å². The maximum absolute atomic E-state index is 14.4. The van der Waals surface area contributed by atoms with Crippen LogP contribution in [0.2, 0.25) is 0 Å². The number of rotatable bonds is 4. The van der Waals surface area contributed by atoms with Crippen LogP contribution in [-0.2, 0) is 0 Å². The van der Waals surface area contributed by atoms with Gasteiger partial charge < -0.3 is 15.5 Å². The van der Waals surface area contributed by atoms with Gasteiger partial charge in [0.05, 0.1) is 10.3 Å². The normalized spacial score (nSPS) is 11.0. The van der Waals surface area contributed by atoms with E-state index in [1.165, 1.54) is 30.5 Å². The lowest BCUT2D eigenvalue weighted by molar-refractivity contribution is 0.0699. The molecule has 2 heterocycles. The van der Waals surface area contributed by atoms with Crippen molar-refractivity contribution in [3.63, 3.8) is 0 Å². The minimum atomic E-state index is -1.43. The highest BCUT2D eigenvalue weighted by molar-refractivity contribution is 7.15. The molecule has 152 valence electrons. The summed E-state index contributed by atoms with van der Waals surface area (Å²) >= 11 is 1.88. The second-order valence-corrected chi connectivity index (χ2v) is 7.92. The summed E-state index contributed by atoms with van der Waals surface area (Å²) in [6.45, 7) is 1.39. The lowest BCUT2D eigenvalue weighted by atomic mass is 10.0. The molecular weight excluding hydrogens is 436 g/mol. The van der Waals surface area contributed by atoms with Gasteiger partial charge in [0.15, 0.2) is 17.4 Å². The zero-order valence-electron chi connectivity index (χ0n) is 15.1. The molecule has 3 N–H and O–H groups in total. The quantitative estimate of drug-likeness (QED) is 0.419. The third-order valence-electron chi connectivity index (χ3n) is 4.44. The van der Waals surface area contributed by atoms with Gasteiger partial charge in [-0.2, -0.15) is 0 Å². The fourth-order valence-corrected chi connectivity index (χ4v) is 4.42. The third-order valence-corrected chi connectivity index (χ3v) is 6.02. The molecule has 0 aliphatic carbocycles. The number of amides is 1. The zero-order valence-corrected chi connectivity index (χ0v) is 16.7. The number of nitrogens with zero attached hydrogens (tertiary/aromatic N) is 2. The van der Waals surface area contributed by atoms with Crippen LogP contribution in [0, 0.1) is 18.6 Å². The molecule has 2 aromatic carbocycles. The Morgan fingerprint density at radius 3 is 2.60 bits per heavy atom. The van der Waals surface area contributed by atoms with E-state index in [-0.39, 0.29) is 44.1 Å². The molecule has 0 aliphatic heterocycles. The van der Waals surface area contributed by atoms with Crippen LogP contribution in [0.25, 0.3) is 21.3 Å². The summed E-state index contributed by atoms with van der Waals surface area (Å²) in [6.07, 6.45) is 0. The number of phenols is 1. The summed E-state index contributed by atoms with van der Waals surface area (Å²) in [7, 11) is 0. The number of hydrogen-bond donors (Lipinski definition) is 3. The second-order valence-electron chi connectivity index (χ2n) is 6.25. The molecule has 7 nitrogen and oxygen atoms in total. The summed E-state index contributed by atoms with van der Waals surface area (Å²) in [5, 5.41) is 27.3. The Labute approximate surface area is 175 Å². The van der Waals surface area contributed by atoms with Gasteiger partial charge in [-0.1, -0.05) is 16.6 Å². The van der Waals surface area contributed by atoms with Gasteiger partial charge in [-0.05, 0) is 36.2 Å². The van der Waals surface area contributed by atoms with E-state index in [2.05, 4.69) is 14.9 Å². The number of hydrogen-bond acceptors (Lipinski definition) is 7. The van der Waals surface area contributed by atoms with Crippen LogP contribution in [0.3, 0.4) is 0 Å². The number of fused-ring (bicyclic) bond motifs is 1. The Bertz CT molecular complexity index is 1330. The van der Waals surface area contributed by atoms with Crippen LogP contribution >= 0.6 is 22.9 Å². The summed E-state index contributed by atoms with van der Waals surface area (Å²) in [5.41, 5.74) is -0.581. The molecular formula is C19H11F2N3O4S2. The number of nitrogens with one attached hydrogen (secondary N) is 1. The zero-order chi connectivity index (χ0) is 21.6. The van der Waals surface area contributed by atoms with Gasteiger partial charge in [-0.15, -0.1) is 16.4 Å². The van der Waals surface area contributed by atoms with Gasteiger partial charge in [-0.25, -0.2) is 13.6 Å². The maximum Gasteiger partial charge on any atom is 0.339 e. The SMILES string of the molecule is Cc1ccc(-c2csc(NC(=O)c3ccc4snnc4c3O)c2C(=O)O)c(F)c1F. The highest BCUT2D eigenvalue weighted by Crippen LogP contribution is 2.38. The summed E-state index contributed by atoms with van der Waals surface area (Å²) in [6, 6.07) is 5.53. The first-order chi connectivity index (χ1) is 14.3. The van der Waals surface area contributed by atoms with E-state index in [1.54, 1.807) is 6.07 Å². The van der Waals surface area contributed by atoms with Crippen molar-refractivity contribution >= 4 is 50.0 Å². The highest BCUT2D eigenvalue weighted by Gasteiger charge is 2.25. The van der Waals surface area contributed by atoms with E-state index in [9.17, 15) is 28.6 Å². The number of carbonyl (C=O) groups excluding carboxylic acids is 1. The lowest BCUT2D eigenvalue weighted by Gasteiger charge is -2.09. The van der Waals surface area contributed by atoms with Gasteiger partial charge in [0, 0.05) is 16.5 Å². The molecule has 0 bridgehead atoms. The predicted molar refractivity (Wildman–Crippen MR) is 108 cm³/mol. The van der Waals surface area contributed by atoms with E-state index in [0.717, 1.165) is 22.9 Å². The van der Waals surface area contributed by atoms with Gasteiger partial charge in [0.25, 0.3) is 5.91 Å². The first-order valence-electron chi connectivity index (χ1n) is 8.34. The number of benzene rings is 2. The molecule has 0 unspecified atom stereocenters. The highest BCUT2D eigenvalue weighted by atomic mass is 32.1. The standard InChI is InChI=1S/C19H11F2N3O4S2/c1-7-2-3-8(14(21)13(7)20)10-6-29-18(12(10)19(27)28)22-17(26)9-4-5-11-15(16(9)25)23-24-30-11/h2-6,25H,1H3,(H,22,26)(H,27,28). The Morgan fingerprint density at radius 1 is 1.10 bits per heavy atom. The number of carboxylic acid groups (broad SMARTS) is 1. The van der Waals surface area contributed by atoms with Crippen molar-refractivity contribution in [3.05, 3.63) is 58.0 Å². The summed E-state index contributed by atoms with van der Waals surface area (Å²) < 4.78 is 32.6. The van der Waals surface area contributed by atoms with Crippen LogP contribution in [0.1, 0.15) is 26.3 Å². The van der Waals surface area contributed by atoms with Crippen molar-refractivity contribution in [1.29, 1.82) is 0 Å². The third kappa shape index (κ3) is 3.17.